The lowest BCUT2D eigenvalue weighted by Gasteiger charge is -2.30. The third kappa shape index (κ3) is 4.20. The number of allylic oxidation sites excluding steroid dienone is 2. The van der Waals surface area contributed by atoms with E-state index in [1.807, 2.05) is 0 Å². The molecule has 4 nitrogen and oxygen atoms in total. The number of hydrogen-bond acceptors (Lipinski definition) is 6. The molecular weight excluding hydrogens is 380 g/mol. The summed E-state index contributed by atoms with van der Waals surface area (Å²) < 4.78 is 1.39. The van der Waals surface area contributed by atoms with Crippen molar-refractivity contribution in [2.45, 2.75) is 25.7 Å². The Kier molecular flexibility index (Phi) is 6.34. The van der Waals surface area contributed by atoms with Crippen molar-refractivity contribution in [1.82, 2.24) is 9.80 Å². The minimum absolute atomic E-state index is 0.106. The maximum absolute atomic E-state index is 12.5. The summed E-state index contributed by atoms with van der Waals surface area (Å²) in [4.78, 5) is 28.5. The number of hydrogen-bond donors (Lipinski definition) is 0. The van der Waals surface area contributed by atoms with Crippen LogP contribution in [0.1, 0.15) is 25.7 Å². The smallest absolute Gasteiger partial charge is 0.228 e. The van der Waals surface area contributed by atoms with Gasteiger partial charge in [-0.15, -0.1) is 0 Å². The Morgan fingerprint density at radius 1 is 0.917 bits per heavy atom. The zero-order valence-electron chi connectivity index (χ0n) is 13.3. The van der Waals surface area contributed by atoms with E-state index in [0.717, 1.165) is 24.3 Å². The van der Waals surface area contributed by atoms with E-state index < -0.39 is 0 Å². The van der Waals surface area contributed by atoms with Gasteiger partial charge in [0.05, 0.1) is 0 Å². The summed E-state index contributed by atoms with van der Waals surface area (Å²) in [5.41, 5.74) is 0. The molecule has 0 N–H and O–H groups in total. The number of thioether (sulfide) groups is 2. The van der Waals surface area contributed by atoms with E-state index in [1.165, 1.54) is 0 Å². The number of nitrogens with zero attached hydrogens (tertiary/aromatic N) is 2. The number of rotatable bonds is 4. The van der Waals surface area contributed by atoms with Gasteiger partial charge >= 0.3 is 0 Å². The van der Waals surface area contributed by atoms with E-state index in [0.29, 0.717) is 34.6 Å². The van der Waals surface area contributed by atoms with Crippen LogP contribution in [0.5, 0.6) is 0 Å². The predicted octanol–water partition coefficient (Wildman–Crippen LogP) is 3.07. The fraction of sp³-hybridized carbons (Fsp3) is 0.625. The molecule has 2 saturated heterocycles. The van der Waals surface area contributed by atoms with Crippen LogP contribution in [-0.4, -0.2) is 54.9 Å². The van der Waals surface area contributed by atoms with Gasteiger partial charge in [-0.25, -0.2) is 0 Å². The van der Waals surface area contributed by atoms with Crippen LogP contribution in [0, 0.1) is 11.8 Å². The average molecular weight is 401 g/mol. The van der Waals surface area contributed by atoms with Crippen LogP contribution >= 0.6 is 48.0 Å². The Labute approximate surface area is 161 Å². The summed E-state index contributed by atoms with van der Waals surface area (Å²) in [5, 5.41) is 0. The molecule has 8 heteroatoms. The summed E-state index contributed by atoms with van der Waals surface area (Å²) in [6, 6.07) is 0. The van der Waals surface area contributed by atoms with Crippen molar-refractivity contribution < 1.29 is 9.59 Å². The van der Waals surface area contributed by atoms with E-state index in [-0.39, 0.29) is 23.7 Å². The lowest BCUT2D eigenvalue weighted by atomic mass is 9.78. The third-order valence-electron chi connectivity index (χ3n) is 4.71. The normalized spacial score (nSPS) is 27.2. The highest BCUT2D eigenvalue weighted by atomic mass is 32.2. The summed E-state index contributed by atoms with van der Waals surface area (Å²) in [5.74, 6) is 2.42. The second-order valence-corrected chi connectivity index (χ2v) is 9.65. The van der Waals surface area contributed by atoms with Crippen molar-refractivity contribution in [3.63, 3.8) is 0 Å². The summed E-state index contributed by atoms with van der Waals surface area (Å²) in [6.07, 6.45) is 6.93. The Morgan fingerprint density at radius 3 is 1.67 bits per heavy atom. The van der Waals surface area contributed by atoms with E-state index in [1.54, 1.807) is 33.3 Å². The quantitative estimate of drug-likeness (QED) is 0.534. The molecule has 2 fully saturated rings. The van der Waals surface area contributed by atoms with Gasteiger partial charge in [-0.1, -0.05) is 60.1 Å². The first-order valence-electron chi connectivity index (χ1n) is 8.15. The van der Waals surface area contributed by atoms with Crippen LogP contribution in [-0.2, 0) is 9.59 Å². The highest BCUT2D eigenvalue weighted by Crippen LogP contribution is 2.33. The topological polar surface area (TPSA) is 40.6 Å². The SMILES string of the molecule is O=C(CC1CC=CCC1CC(=O)N1CCSC1=S)N1CCSC1=S. The first-order chi connectivity index (χ1) is 11.6. The molecule has 1 aliphatic carbocycles. The van der Waals surface area contributed by atoms with E-state index in [2.05, 4.69) is 12.2 Å². The molecule has 2 aliphatic heterocycles. The van der Waals surface area contributed by atoms with Gasteiger partial charge < -0.3 is 0 Å². The van der Waals surface area contributed by atoms with Gasteiger partial charge in [0, 0.05) is 37.4 Å². The van der Waals surface area contributed by atoms with Gasteiger partial charge in [0.25, 0.3) is 0 Å². The molecule has 0 aromatic rings. The summed E-state index contributed by atoms with van der Waals surface area (Å²) >= 11 is 13.6. The Morgan fingerprint density at radius 2 is 1.33 bits per heavy atom. The maximum Gasteiger partial charge on any atom is 0.228 e. The van der Waals surface area contributed by atoms with Crippen LogP contribution in [0.4, 0.5) is 0 Å². The molecule has 0 radical (unpaired) electrons. The standard InChI is InChI=1S/C16H20N2O2S4/c19-13(17-5-7-23-15(17)21)9-11-3-1-2-4-12(11)10-14(20)18-6-8-24-16(18)22/h1-2,11-12H,3-10H2. The van der Waals surface area contributed by atoms with Crippen molar-refractivity contribution in [3.8, 4) is 0 Å². The fourth-order valence-electron chi connectivity index (χ4n) is 3.34. The maximum atomic E-state index is 12.5. The molecule has 3 aliphatic rings. The van der Waals surface area contributed by atoms with E-state index >= 15 is 0 Å². The van der Waals surface area contributed by atoms with Gasteiger partial charge in [-0.2, -0.15) is 0 Å². The van der Waals surface area contributed by atoms with Gasteiger partial charge in [0.1, 0.15) is 8.64 Å². The largest absolute Gasteiger partial charge is 0.297 e. The van der Waals surface area contributed by atoms with E-state index in [9.17, 15) is 9.59 Å². The highest BCUT2D eigenvalue weighted by Gasteiger charge is 2.33. The predicted molar refractivity (Wildman–Crippen MR) is 108 cm³/mol. The molecule has 130 valence electrons. The first kappa shape index (κ1) is 18.4. The molecule has 0 bridgehead atoms. The lowest BCUT2D eigenvalue weighted by Crippen LogP contribution is -2.36. The van der Waals surface area contributed by atoms with E-state index in [4.69, 9.17) is 24.4 Å². The molecule has 2 amide bonds. The molecule has 2 unspecified atom stereocenters. The molecule has 0 spiro atoms. The minimum atomic E-state index is 0.106. The van der Waals surface area contributed by atoms with Crippen molar-refractivity contribution in [2.24, 2.45) is 11.8 Å². The zero-order chi connectivity index (χ0) is 17.1. The Hall–Kier alpha value is -0.440. The molecule has 0 aromatic carbocycles. The number of carbonyl (C=O) groups is 2. The summed E-state index contributed by atoms with van der Waals surface area (Å²) in [6.45, 7) is 1.43. The monoisotopic (exact) mass is 400 g/mol. The van der Waals surface area contributed by atoms with Crippen LogP contribution in [0.2, 0.25) is 0 Å². The van der Waals surface area contributed by atoms with Gasteiger partial charge in [0.15, 0.2) is 0 Å². The second-order valence-electron chi connectivity index (χ2n) is 6.19. The average Bonchev–Trinajstić information content (AvgIpc) is 3.17. The zero-order valence-corrected chi connectivity index (χ0v) is 16.6. The van der Waals surface area contributed by atoms with Crippen LogP contribution in [0.25, 0.3) is 0 Å². The van der Waals surface area contributed by atoms with Crippen LogP contribution in [0.15, 0.2) is 12.2 Å². The van der Waals surface area contributed by atoms with Crippen LogP contribution in [0.3, 0.4) is 0 Å². The highest BCUT2D eigenvalue weighted by molar-refractivity contribution is 8.23. The van der Waals surface area contributed by atoms with Crippen molar-refractivity contribution >= 4 is 68.4 Å². The molecule has 2 atom stereocenters. The molecule has 24 heavy (non-hydrogen) atoms. The van der Waals surface area contributed by atoms with Gasteiger partial charge in [-0.3, -0.25) is 19.4 Å². The third-order valence-corrected chi connectivity index (χ3v) is 7.56. The minimum Gasteiger partial charge on any atom is -0.297 e. The lowest BCUT2D eigenvalue weighted by molar-refractivity contribution is -0.131. The van der Waals surface area contributed by atoms with Gasteiger partial charge in [0.2, 0.25) is 11.8 Å². The first-order valence-corrected chi connectivity index (χ1v) is 10.9. The van der Waals surface area contributed by atoms with Crippen molar-refractivity contribution in [2.75, 3.05) is 24.6 Å². The molecule has 0 saturated carbocycles. The molecule has 2 heterocycles. The van der Waals surface area contributed by atoms with Gasteiger partial charge in [-0.05, 0) is 24.7 Å². The molecule has 3 rings (SSSR count). The van der Waals surface area contributed by atoms with Crippen molar-refractivity contribution in [3.05, 3.63) is 12.2 Å². The molecular formula is C16H20N2O2S4. The number of carbonyl (C=O) groups excluding carboxylic acids is 2. The second kappa shape index (κ2) is 8.29. The Bertz CT molecular complexity index is 543. The van der Waals surface area contributed by atoms with Crippen LogP contribution < -0.4 is 0 Å². The summed E-state index contributed by atoms with van der Waals surface area (Å²) in [7, 11) is 0. The number of thiocarbonyl (C=S) groups is 2. The molecule has 0 aromatic heterocycles. The number of amides is 2. The fourth-order valence-corrected chi connectivity index (χ4v) is 5.82. The van der Waals surface area contributed by atoms with Crippen molar-refractivity contribution in [1.29, 1.82) is 0 Å². The Balaban J connectivity index is 1.60.